The Balaban J connectivity index is 1.09. The number of amides is 6. The Labute approximate surface area is 277 Å². The number of carbonyl (C=O) groups excluding carboxylic acids is 4. The van der Waals surface area contributed by atoms with Crippen LogP contribution in [0.4, 0.5) is 34.1 Å². The lowest BCUT2D eigenvalue weighted by atomic mass is 9.98. The zero-order valence-corrected chi connectivity index (χ0v) is 26.9. The van der Waals surface area contributed by atoms with Crippen LogP contribution in [-0.4, -0.2) is 101 Å². The summed E-state index contributed by atoms with van der Waals surface area (Å²) in [6.07, 6.45) is 5.88. The lowest BCUT2D eigenvalue weighted by Crippen LogP contribution is -2.56. The smallest absolute Gasteiger partial charge is 0.322 e. The summed E-state index contributed by atoms with van der Waals surface area (Å²) in [4.78, 5) is 60.7. The van der Waals surface area contributed by atoms with E-state index in [4.69, 9.17) is 0 Å². The van der Waals surface area contributed by atoms with Crippen molar-refractivity contribution in [1.29, 1.82) is 0 Å². The Hall–Kier alpha value is -4.33. The molecule has 0 saturated carbocycles. The van der Waals surface area contributed by atoms with Gasteiger partial charge in [0, 0.05) is 50.5 Å². The van der Waals surface area contributed by atoms with E-state index in [9.17, 15) is 32.3 Å². The van der Waals surface area contributed by atoms with Gasteiger partial charge >= 0.3 is 12.1 Å². The van der Waals surface area contributed by atoms with Crippen molar-refractivity contribution < 1.29 is 32.3 Å². The highest BCUT2D eigenvalue weighted by atomic mass is 19.2. The number of nitrogens with zero attached hydrogens (tertiary/aromatic N) is 4. The summed E-state index contributed by atoms with van der Waals surface area (Å²) in [5, 5.41) is 7.58. The summed E-state index contributed by atoms with van der Waals surface area (Å²) in [5.41, 5.74) is 1.21. The first-order valence-electron chi connectivity index (χ1n) is 16.8. The van der Waals surface area contributed by atoms with Crippen LogP contribution in [0.2, 0.25) is 0 Å². The normalized spacial score (nSPS) is 20.1. The van der Waals surface area contributed by atoms with Gasteiger partial charge in [-0.25, -0.2) is 22.8 Å². The molecule has 4 aliphatic rings. The highest BCUT2D eigenvalue weighted by Crippen LogP contribution is 2.28. The van der Waals surface area contributed by atoms with E-state index in [1.807, 2.05) is 24.3 Å². The molecule has 3 N–H and O–H groups in total. The molecule has 2 aromatic rings. The predicted molar refractivity (Wildman–Crippen MR) is 173 cm³/mol. The van der Waals surface area contributed by atoms with Crippen LogP contribution in [-0.2, 0) is 16.1 Å². The third-order valence-corrected chi connectivity index (χ3v) is 10.1. The summed E-state index contributed by atoms with van der Waals surface area (Å²) in [5.74, 6) is -5.48. The second kappa shape index (κ2) is 14.8. The molecule has 3 fully saturated rings. The van der Waals surface area contributed by atoms with Crippen LogP contribution in [0.1, 0.15) is 56.9 Å². The van der Waals surface area contributed by atoms with E-state index in [1.165, 1.54) is 6.42 Å². The molecule has 0 unspecified atom stereocenters. The van der Waals surface area contributed by atoms with Crippen molar-refractivity contribution in [2.45, 2.75) is 76.0 Å². The van der Waals surface area contributed by atoms with Crippen LogP contribution < -0.4 is 16.0 Å². The SMILES string of the molecule is O=C(Nc1ccc(F)c(F)c1F)N[C@@H](CC(=O)N1CCC(N2Cc3ccccc3NC2=O)CC1)C(=O)N1CCC(N2CCCCC2)CC1. The standard InChI is InChI=1S/C34H42F3N7O4/c35-25-8-9-27(31(37)30(25)36)38-33(47)39-28(32(46)43-18-10-23(11-19-43)41-14-4-1-5-15-41)20-29(45)42-16-12-24(13-17-42)44-21-22-6-2-3-7-26(22)40-34(44)48/h2-3,6-9,23-24,28H,1,4-5,10-21H2,(H,40,48)(H2,38,39,47)/t28-/m0/s1. The Morgan fingerprint density at radius 1 is 0.812 bits per heavy atom. The second-order valence-corrected chi connectivity index (χ2v) is 13.1. The number of fused-ring (bicyclic) bond motifs is 1. The molecule has 14 heteroatoms. The van der Waals surface area contributed by atoms with Crippen LogP contribution >= 0.6 is 0 Å². The number of halogens is 3. The number of benzene rings is 2. The summed E-state index contributed by atoms with van der Waals surface area (Å²) >= 11 is 0. The van der Waals surface area contributed by atoms with Crippen LogP contribution in [0.3, 0.4) is 0 Å². The summed E-state index contributed by atoms with van der Waals surface area (Å²) in [6.45, 7) is 4.24. The molecule has 0 aromatic heterocycles. The summed E-state index contributed by atoms with van der Waals surface area (Å²) in [7, 11) is 0. The maximum atomic E-state index is 14.3. The van der Waals surface area contributed by atoms with Crippen LogP contribution in [0.5, 0.6) is 0 Å². The molecular formula is C34H42F3N7O4. The molecule has 1 atom stereocenters. The minimum absolute atomic E-state index is 0.0732. The van der Waals surface area contributed by atoms with Crippen molar-refractivity contribution in [1.82, 2.24) is 24.9 Å². The Morgan fingerprint density at radius 2 is 1.48 bits per heavy atom. The van der Waals surface area contributed by atoms with Gasteiger partial charge < -0.3 is 35.6 Å². The fraction of sp³-hybridized carbons (Fsp3) is 0.529. The van der Waals surface area contributed by atoms with E-state index in [1.54, 1.807) is 14.7 Å². The fourth-order valence-corrected chi connectivity index (χ4v) is 7.34. The van der Waals surface area contributed by atoms with Gasteiger partial charge in [-0.3, -0.25) is 9.59 Å². The topological polar surface area (TPSA) is 117 Å². The van der Waals surface area contributed by atoms with E-state index in [2.05, 4.69) is 20.9 Å². The van der Waals surface area contributed by atoms with Crippen molar-refractivity contribution in [3.05, 3.63) is 59.4 Å². The number of hydrogen-bond acceptors (Lipinski definition) is 5. The number of hydrogen-bond donors (Lipinski definition) is 3. The maximum absolute atomic E-state index is 14.3. The zero-order chi connectivity index (χ0) is 33.8. The average molecular weight is 670 g/mol. The molecule has 2 aromatic carbocycles. The predicted octanol–water partition coefficient (Wildman–Crippen LogP) is 4.50. The number of anilines is 2. The van der Waals surface area contributed by atoms with Gasteiger partial charge in [0.1, 0.15) is 6.04 Å². The van der Waals surface area contributed by atoms with Crippen molar-refractivity contribution in [3.8, 4) is 0 Å². The highest BCUT2D eigenvalue weighted by molar-refractivity contribution is 5.96. The van der Waals surface area contributed by atoms with Crippen LogP contribution in [0, 0.1) is 17.5 Å². The molecule has 0 spiro atoms. The summed E-state index contributed by atoms with van der Waals surface area (Å²) < 4.78 is 41.5. The van der Waals surface area contributed by atoms with Crippen LogP contribution in [0.15, 0.2) is 36.4 Å². The van der Waals surface area contributed by atoms with Crippen molar-refractivity contribution in [3.63, 3.8) is 0 Å². The Bertz CT molecular complexity index is 1520. The Morgan fingerprint density at radius 3 is 2.21 bits per heavy atom. The largest absolute Gasteiger partial charge is 0.342 e. The minimum Gasteiger partial charge on any atom is -0.342 e. The molecule has 48 heavy (non-hydrogen) atoms. The third-order valence-electron chi connectivity index (χ3n) is 10.1. The number of para-hydroxylation sites is 1. The highest BCUT2D eigenvalue weighted by Gasteiger charge is 2.36. The molecule has 6 amide bonds. The van der Waals surface area contributed by atoms with Crippen LogP contribution in [0.25, 0.3) is 0 Å². The van der Waals surface area contributed by atoms with Gasteiger partial charge in [0.05, 0.1) is 12.1 Å². The van der Waals surface area contributed by atoms with Gasteiger partial charge in [0.2, 0.25) is 11.8 Å². The molecule has 0 radical (unpaired) electrons. The average Bonchev–Trinajstić information content (AvgIpc) is 3.11. The lowest BCUT2D eigenvalue weighted by molar-refractivity contribution is -0.140. The Kier molecular flexibility index (Phi) is 10.4. The van der Waals surface area contributed by atoms with Gasteiger partial charge in [-0.2, -0.15) is 0 Å². The number of nitrogens with one attached hydrogen (secondary N) is 3. The maximum Gasteiger partial charge on any atom is 0.322 e. The van der Waals surface area contributed by atoms with Gasteiger partial charge in [-0.15, -0.1) is 0 Å². The first-order valence-corrected chi connectivity index (χ1v) is 16.8. The van der Waals surface area contributed by atoms with Crippen molar-refractivity contribution >= 4 is 35.3 Å². The van der Waals surface area contributed by atoms with Gasteiger partial charge in [0.15, 0.2) is 17.5 Å². The quantitative estimate of drug-likeness (QED) is 0.376. The summed E-state index contributed by atoms with van der Waals surface area (Å²) in [6, 6.07) is 7.02. The third kappa shape index (κ3) is 7.53. The number of piperidine rings is 3. The van der Waals surface area contributed by atoms with E-state index >= 15 is 0 Å². The van der Waals surface area contributed by atoms with E-state index in [0.29, 0.717) is 57.7 Å². The van der Waals surface area contributed by atoms with Crippen molar-refractivity contribution in [2.75, 3.05) is 49.9 Å². The number of likely N-dealkylation sites (tertiary alicyclic amines) is 3. The number of carbonyl (C=O) groups is 4. The van der Waals surface area contributed by atoms with Gasteiger partial charge in [0.25, 0.3) is 0 Å². The second-order valence-electron chi connectivity index (χ2n) is 13.1. The first-order chi connectivity index (χ1) is 23.2. The number of urea groups is 2. The molecule has 258 valence electrons. The van der Waals surface area contributed by atoms with Gasteiger partial charge in [-0.1, -0.05) is 24.6 Å². The first kappa shape index (κ1) is 33.6. The molecular weight excluding hydrogens is 627 g/mol. The fourth-order valence-electron chi connectivity index (χ4n) is 7.34. The number of rotatable bonds is 7. The van der Waals surface area contributed by atoms with Crippen molar-refractivity contribution in [2.24, 2.45) is 0 Å². The molecule has 0 bridgehead atoms. The monoisotopic (exact) mass is 669 g/mol. The molecule has 3 saturated heterocycles. The molecule has 4 aliphatic heterocycles. The van der Waals surface area contributed by atoms with E-state index < -0.39 is 41.1 Å². The van der Waals surface area contributed by atoms with Gasteiger partial charge in [-0.05, 0) is 75.4 Å². The molecule has 4 heterocycles. The minimum atomic E-state index is -1.73. The lowest BCUT2D eigenvalue weighted by Gasteiger charge is -2.41. The molecule has 6 rings (SSSR count). The molecule has 0 aliphatic carbocycles. The molecule has 11 nitrogen and oxygen atoms in total. The van der Waals surface area contributed by atoms with E-state index in [0.717, 1.165) is 56.1 Å². The zero-order valence-electron chi connectivity index (χ0n) is 26.9. The van der Waals surface area contributed by atoms with E-state index in [-0.39, 0.29) is 24.4 Å².